The highest BCUT2D eigenvalue weighted by Gasteiger charge is 2.46. The van der Waals surface area contributed by atoms with Crippen molar-refractivity contribution in [2.75, 3.05) is 18.6 Å². The summed E-state index contributed by atoms with van der Waals surface area (Å²) in [5.74, 6) is -2.60. The summed E-state index contributed by atoms with van der Waals surface area (Å²) in [6.45, 7) is 1.73. The fourth-order valence-electron chi connectivity index (χ4n) is 4.00. The Morgan fingerprint density at radius 2 is 1.90 bits per heavy atom. The third kappa shape index (κ3) is 3.03. The number of anilines is 1. The first-order chi connectivity index (χ1) is 14.8. The molecule has 1 unspecified atom stereocenters. The monoisotopic (exact) mass is 423 g/mol. The van der Waals surface area contributed by atoms with Gasteiger partial charge in [0.2, 0.25) is 5.91 Å². The lowest BCUT2D eigenvalue weighted by molar-refractivity contribution is -0.385. The number of nitro groups is 1. The van der Waals surface area contributed by atoms with Crippen LogP contribution in [0.2, 0.25) is 0 Å². The number of hydrogen-bond acceptors (Lipinski definition) is 7. The molecule has 2 aliphatic rings. The Labute approximate surface area is 176 Å². The van der Waals surface area contributed by atoms with Crippen molar-refractivity contribution in [1.29, 1.82) is 0 Å². The molecule has 3 amide bonds. The third-order valence-electron chi connectivity index (χ3n) is 5.53. The van der Waals surface area contributed by atoms with Crippen LogP contribution in [0.1, 0.15) is 43.6 Å². The van der Waals surface area contributed by atoms with Gasteiger partial charge < -0.3 is 9.64 Å². The fraction of sp³-hybridized carbons (Fsp3) is 0.238. The zero-order valence-electron chi connectivity index (χ0n) is 16.7. The molecule has 0 bridgehead atoms. The predicted octanol–water partition coefficient (Wildman–Crippen LogP) is 1.96. The Bertz CT molecular complexity index is 1170. The number of carbonyl (C=O) groups excluding carboxylic acids is 4. The minimum Gasteiger partial charge on any atom is -0.465 e. The summed E-state index contributed by atoms with van der Waals surface area (Å²) in [4.78, 5) is 63.4. The van der Waals surface area contributed by atoms with Gasteiger partial charge in [-0.25, -0.2) is 4.79 Å². The largest absolute Gasteiger partial charge is 0.465 e. The zero-order valence-corrected chi connectivity index (χ0v) is 16.7. The molecule has 0 spiro atoms. The van der Waals surface area contributed by atoms with E-state index in [0.29, 0.717) is 24.2 Å². The second kappa shape index (κ2) is 7.31. The molecular formula is C21H17N3O7. The maximum Gasteiger partial charge on any atom is 0.337 e. The van der Waals surface area contributed by atoms with E-state index < -0.39 is 40.3 Å². The first-order valence-corrected chi connectivity index (χ1v) is 9.44. The molecule has 2 aromatic rings. The van der Waals surface area contributed by atoms with Crippen molar-refractivity contribution in [2.45, 2.75) is 19.4 Å². The highest BCUT2D eigenvalue weighted by molar-refractivity contribution is 6.25. The van der Waals surface area contributed by atoms with E-state index in [1.54, 1.807) is 12.1 Å². The minimum atomic E-state index is -1.17. The molecule has 0 saturated carbocycles. The van der Waals surface area contributed by atoms with Crippen molar-refractivity contribution in [3.05, 3.63) is 68.8 Å². The highest BCUT2D eigenvalue weighted by atomic mass is 16.6. The Kier molecular flexibility index (Phi) is 4.77. The number of esters is 1. The summed E-state index contributed by atoms with van der Waals surface area (Å²) in [6.07, 6.45) is 0.492. The average Bonchev–Trinajstić information content (AvgIpc) is 3.30. The van der Waals surface area contributed by atoms with E-state index in [9.17, 15) is 29.3 Å². The number of rotatable bonds is 4. The summed E-state index contributed by atoms with van der Waals surface area (Å²) in [5.41, 5.74) is 0.828. The molecule has 10 heteroatoms. The van der Waals surface area contributed by atoms with Gasteiger partial charge in [-0.2, -0.15) is 0 Å². The normalized spacial score (nSPS) is 15.5. The number of carbonyl (C=O) groups is 4. The fourth-order valence-corrected chi connectivity index (χ4v) is 4.00. The van der Waals surface area contributed by atoms with E-state index in [1.807, 2.05) is 0 Å². The molecule has 4 rings (SSSR count). The number of nitro benzene ring substituents is 1. The van der Waals surface area contributed by atoms with Crippen LogP contribution in [0.5, 0.6) is 0 Å². The number of amides is 3. The summed E-state index contributed by atoms with van der Waals surface area (Å²) < 4.78 is 4.71. The molecule has 0 aliphatic carbocycles. The molecule has 0 aromatic heterocycles. The van der Waals surface area contributed by atoms with E-state index >= 15 is 0 Å². The molecular weight excluding hydrogens is 406 g/mol. The molecule has 10 nitrogen and oxygen atoms in total. The summed E-state index contributed by atoms with van der Waals surface area (Å²) in [7, 11) is 1.28. The summed E-state index contributed by atoms with van der Waals surface area (Å²) >= 11 is 0. The molecule has 2 aromatic carbocycles. The predicted molar refractivity (Wildman–Crippen MR) is 107 cm³/mol. The summed E-state index contributed by atoms with van der Waals surface area (Å²) in [6, 6.07) is 7.43. The lowest BCUT2D eigenvalue weighted by Crippen LogP contribution is -2.49. The van der Waals surface area contributed by atoms with Gasteiger partial charge in [0.25, 0.3) is 17.5 Å². The Morgan fingerprint density at radius 1 is 1.16 bits per heavy atom. The topological polar surface area (TPSA) is 127 Å². The van der Waals surface area contributed by atoms with Gasteiger partial charge in [0.1, 0.15) is 11.6 Å². The molecule has 158 valence electrons. The lowest BCUT2D eigenvalue weighted by Gasteiger charge is -2.27. The van der Waals surface area contributed by atoms with Crippen LogP contribution < -0.4 is 4.90 Å². The van der Waals surface area contributed by atoms with Crippen molar-refractivity contribution in [2.24, 2.45) is 0 Å². The van der Waals surface area contributed by atoms with E-state index in [1.165, 1.54) is 37.1 Å². The molecule has 31 heavy (non-hydrogen) atoms. The smallest absolute Gasteiger partial charge is 0.337 e. The van der Waals surface area contributed by atoms with Crippen molar-refractivity contribution in [3.8, 4) is 0 Å². The van der Waals surface area contributed by atoms with Crippen molar-refractivity contribution >= 4 is 35.1 Å². The maximum atomic E-state index is 13.2. The number of methoxy groups -OCH3 is 1. The van der Waals surface area contributed by atoms with Crippen LogP contribution in [0.25, 0.3) is 0 Å². The van der Waals surface area contributed by atoms with Crippen LogP contribution in [0.15, 0.2) is 36.4 Å². The van der Waals surface area contributed by atoms with E-state index in [-0.39, 0.29) is 11.1 Å². The highest BCUT2D eigenvalue weighted by Crippen LogP contribution is 2.34. The Balaban J connectivity index is 1.63. The molecule has 1 atom stereocenters. The van der Waals surface area contributed by atoms with E-state index in [4.69, 9.17) is 4.74 Å². The number of nitrogens with zero attached hydrogens (tertiary/aromatic N) is 3. The SMILES string of the molecule is COC(=O)c1ccc2c(c1)CCN2C(=O)C(C)N1C(=O)c2cccc([N+](=O)[O-])c2C1=O. The van der Waals surface area contributed by atoms with E-state index in [0.717, 1.165) is 16.5 Å². The number of ether oxygens (including phenoxy) is 1. The molecule has 0 fully saturated rings. The Morgan fingerprint density at radius 3 is 2.58 bits per heavy atom. The zero-order chi connectivity index (χ0) is 22.4. The molecule has 2 aliphatic heterocycles. The Hall–Kier alpha value is -4.08. The van der Waals surface area contributed by atoms with Crippen LogP contribution in [-0.2, 0) is 16.0 Å². The average molecular weight is 423 g/mol. The quantitative estimate of drug-likeness (QED) is 0.318. The van der Waals surface area contributed by atoms with Crippen LogP contribution in [0.3, 0.4) is 0 Å². The standard InChI is InChI=1S/C21H17N3O7/c1-11(23-19(26)14-4-3-5-16(24(29)30)17(14)20(23)27)18(25)22-9-8-12-10-13(21(28)31-2)6-7-15(12)22/h3-7,10-11H,8-9H2,1-2H3. The van der Waals surface area contributed by atoms with Crippen molar-refractivity contribution in [1.82, 2.24) is 4.90 Å². The number of benzene rings is 2. The lowest BCUT2D eigenvalue weighted by atomic mass is 10.1. The van der Waals surface area contributed by atoms with Gasteiger partial charge in [-0.15, -0.1) is 0 Å². The van der Waals surface area contributed by atoms with Gasteiger partial charge in [-0.1, -0.05) is 6.07 Å². The van der Waals surface area contributed by atoms with Gasteiger partial charge in [-0.3, -0.25) is 29.4 Å². The van der Waals surface area contributed by atoms with Crippen LogP contribution >= 0.6 is 0 Å². The van der Waals surface area contributed by atoms with Crippen LogP contribution in [0.4, 0.5) is 11.4 Å². The molecule has 0 N–H and O–H groups in total. The molecule has 0 saturated heterocycles. The second-order valence-electron chi connectivity index (χ2n) is 7.19. The molecule has 0 radical (unpaired) electrons. The minimum absolute atomic E-state index is 0.0941. The maximum absolute atomic E-state index is 13.2. The van der Waals surface area contributed by atoms with Crippen LogP contribution in [-0.4, -0.2) is 53.2 Å². The third-order valence-corrected chi connectivity index (χ3v) is 5.53. The van der Waals surface area contributed by atoms with Crippen LogP contribution in [0, 0.1) is 10.1 Å². The second-order valence-corrected chi connectivity index (χ2v) is 7.19. The summed E-state index contributed by atoms with van der Waals surface area (Å²) in [5, 5.41) is 11.3. The van der Waals surface area contributed by atoms with E-state index in [2.05, 4.69) is 0 Å². The van der Waals surface area contributed by atoms with Crippen molar-refractivity contribution < 1.29 is 28.8 Å². The van der Waals surface area contributed by atoms with Gasteiger partial charge in [-0.05, 0) is 43.2 Å². The van der Waals surface area contributed by atoms with Gasteiger partial charge in [0, 0.05) is 18.3 Å². The number of hydrogen-bond donors (Lipinski definition) is 0. The molecule has 2 heterocycles. The van der Waals surface area contributed by atoms with Gasteiger partial charge in [0.15, 0.2) is 0 Å². The van der Waals surface area contributed by atoms with Gasteiger partial charge >= 0.3 is 5.97 Å². The first kappa shape index (κ1) is 20.2. The first-order valence-electron chi connectivity index (χ1n) is 9.44. The van der Waals surface area contributed by atoms with Crippen molar-refractivity contribution in [3.63, 3.8) is 0 Å². The number of imide groups is 1. The number of fused-ring (bicyclic) bond motifs is 2. The van der Waals surface area contributed by atoms with Gasteiger partial charge in [0.05, 0.1) is 23.2 Å².